The van der Waals surface area contributed by atoms with Gasteiger partial charge in [0.25, 0.3) is 0 Å². The summed E-state index contributed by atoms with van der Waals surface area (Å²) in [6, 6.07) is 79.0. The third-order valence-corrected chi connectivity index (χ3v) is 13.6. The summed E-state index contributed by atoms with van der Waals surface area (Å²) >= 11 is 0. The standard InChI is InChI=1S/C64H38N8/c65-38-41-19-23-43(24-20-41)47-28-31-58-54(35-47)50-15-7-9-17-56(50)71(58)60-37-49(64-69-62(45-11-3-1-4-12-45)68-63(70-64)46-13-5-2-6-14-46)27-30-52(60)53-33-34-67-40-61(53)72-57-18-10-8-16-51(57)55-36-48(29-32-59(55)72)44-25-21-42(39-66)22-26-44/h1-37,40H. The van der Waals surface area contributed by atoms with Crippen LogP contribution in [0.15, 0.2) is 231 Å². The van der Waals surface area contributed by atoms with Gasteiger partial charge in [-0.05, 0) is 95.1 Å². The predicted molar refractivity (Wildman–Crippen MR) is 288 cm³/mol. The highest BCUT2D eigenvalue weighted by molar-refractivity contribution is 6.13. The van der Waals surface area contributed by atoms with Crippen LogP contribution >= 0.6 is 0 Å². The fourth-order valence-corrected chi connectivity index (χ4v) is 10.1. The van der Waals surface area contributed by atoms with Crippen molar-refractivity contribution < 1.29 is 0 Å². The van der Waals surface area contributed by atoms with E-state index in [1.54, 1.807) is 0 Å². The van der Waals surface area contributed by atoms with Crippen LogP contribution in [-0.4, -0.2) is 29.1 Å². The van der Waals surface area contributed by atoms with Crippen LogP contribution in [0.3, 0.4) is 0 Å². The quantitative estimate of drug-likeness (QED) is 0.150. The summed E-state index contributed by atoms with van der Waals surface area (Å²) in [7, 11) is 0. The topological polar surface area (TPSA) is 109 Å². The van der Waals surface area contributed by atoms with Gasteiger partial charge in [-0.25, -0.2) is 15.0 Å². The molecule has 0 aliphatic heterocycles. The Morgan fingerprint density at radius 3 is 1.25 bits per heavy atom. The Hall–Kier alpha value is -10.3. The number of nitrogens with zero attached hydrogens (tertiary/aromatic N) is 8. The van der Waals surface area contributed by atoms with E-state index >= 15 is 0 Å². The average Bonchev–Trinajstić information content (AvgIpc) is 3.97. The minimum atomic E-state index is 0.551. The number of nitriles is 2. The maximum Gasteiger partial charge on any atom is 0.164 e. The van der Waals surface area contributed by atoms with Crippen molar-refractivity contribution in [2.75, 3.05) is 0 Å². The average molecular weight is 919 g/mol. The molecule has 0 saturated carbocycles. The van der Waals surface area contributed by atoms with Crippen molar-refractivity contribution in [3.05, 3.63) is 242 Å². The number of para-hydroxylation sites is 2. The lowest BCUT2D eigenvalue weighted by Crippen LogP contribution is -2.04. The fraction of sp³-hybridized carbons (Fsp3) is 0. The molecule has 9 aromatic carbocycles. The molecule has 0 unspecified atom stereocenters. The van der Waals surface area contributed by atoms with E-state index in [1.807, 2.05) is 122 Å². The Morgan fingerprint density at radius 2 is 0.736 bits per heavy atom. The second kappa shape index (κ2) is 17.4. The molecular weight excluding hydrogens is 881 g/mol. The number of fused-ring (bicyclic) bond motifs is 6. The molecule has 0 N–H and O–H groups in total. The van der Waals surface area contributed by atoms with Gasteiger partial charge < -0.3 is 9.13 Å². The van der Waals surface area contributed by atoms with E-state index in [1.165, 1.54) is 0 Å². The highest BCUT2D eigenvalue weighted by Gasteiger charge is 2.23. The van der Waals surface area contributed by atoms with Crippen molar-refractivity contribution in [2.45, 2.75) is 0 Å². The van der Waals surface area contributed by atoms with Crippen molar-refractivity contribution in [3.63, 3.8) is 0 Å². The summed E-state index contributed by atoms with van der Waals surface area (Å²) in [6.07, 6.45) is 3.83. The van der Waals surface area contributed by atoms with Gasteiger partial charge in [-0.2, -0.15) is 10.5 Å². The van der Waals surface area contributed by atoms with E-state index < -0.39 is 0 Å². The number of aromatic nitrogens is 6. The molecule has 4 aromatic heterocycles. The van der Waals surface area contributed by atoms with Crippen LogP contribution < -0.4 is 0 Å². The van der Waals surface area contributed by atoms with Gasteiger partial charge >= 0.3 is 0 Å². The van der Waals surface area contributed by atoms with Gasteiger partial charge in [0.2, 0.25) is 0 Å². The molecule has 0 radical (unpaired) electrons. The van der Waals surface area contributed by atoms with Gasteiger partial charge in [-0.3, -0.25) is 4.98 Å². The Labute approximate surface area is 414 Å². The number of benzene rings is 9. The molecule has 0 bridgehead atoms. The molecular formula is C64H38N8. The molecule has 0 amide bonds. The van der Waals surface area contributed by atoms with Gasteiger partial charge in [0.1, 0.15) is 0 Å². The monoisotopic (exact) mass is 918 g/mol. The summed E-state index contributed by atoms with van der Waals surface area (Å²) in [4.78, 5) is 20.2. The summed E-state index contributed by atoms with van der Waals surface area (Å²) in [6.45, 7) is 0. The molecule has 334 valence electrons. The third kappa shape index (κ3) is 7.15. The highest BCUT2D eigenvalue weighted by Crippen LogP contribution is 2.43. The summed E-state index contributed by atoms with van der Waals surface area (Å²) < 4.78 is 4.69. The highest BCUT2D eigenvalue weighted by atomic mass is 15.0. The molecule has 8 nitrogen and oxygen atoms in total. The van der Waals surface area contributed by atoms with E-state index in [2.05, 4.69) is 130 Å². The Bertz CT molecular complexity index is 4270. The van der Waals surface area contributed by atoms with Crippen LogP contribution in [0.5, 0.6) is 0 Å². The number of hydrogen-bond acceptors (Lipinski definition) is 6. The molecule has 13 rings (SSSR count). The van der Waals surface area contributed by atoms with Gasteiger partial charge in [0.15, 0.2) is 17.5 Å². The van der Waals surface area contributed by atoms with Crippen LogP contribution in [0.2, 0.25) is 0 Å². The molecule has 0 saturated heterocycles. The third-order valence-electron chi connectivity index (χ3n) is 13.6. The smallest absolute Gasteiger partial charge is 0.164 e. The maximum absolute atomic E-state index is 9.55. The van der Waals surface area contributed by atoms with Gasteiger partial charge in [0, 0.05) is 55.6 Å². The zero-order valence-electron chi connectivity index (χ0n) is 38.5. The van der Waals surface area contributed by atoms with E-state index in [4.69, 9.17) is 19.9 Å². The van der Waals surface area contributed by atoms with Gasteiger partial charge in [0.05, 0.1) is 62.9 Å². The normalized spacial score (nSPS) is 11.3. The van der Waals surface area contributed by atoms with Crippen molar-refractivity contribution in [2.24, 2.45) is 0 Å². The number of pyridine rings is 1. The van der Waals surface area contributed by atoms with Crippen molar-refractivity contribution in [1.82, 2.24) is 29.1 Å². The second-order valence-electron chi connectivity index (χ2n) is 17.7. The Balaban J connectivity index is 1.07. The van der Waals surface area contributed by atoms with Crippen LogP contribution in [0.4, 0.5) is 0 Å². The minimum absolute atomic E-state index is 0.551. The lowest BCUT2D eigenvalue weighted by Gasteiger charge is -2.19. The van der Waals surface area contributed by atoms with E-state index in [0.717, 1.165) is 105 Å². The van der Waals surface area contributed by atoms with Crippen molar-refractivity contribution >= 4 is 43.6 Å². The summed E-state index contributed by atoms with van der Waals surface area (Å²) in [5, 5.41) is 23.5. The SMILES string of the molecule is N#Cc1ccc(-c2ccc3c(c2)c2ccccc2n3-c2cnccc2-c2ccc(-c3nc(-c4ccccc4)nc(-c4ccccc4)n3)cc2-n2c3ccccc3c3cc(-c4ccc(C#N)cc4)ccc32)cc1. The molecule has 0 atom stereocenters. The largest absolute Gasteiger partial charge is 0.309 e. The van der Waals surface area contributed by atoms with Gasteiger partial charge in [-0.15, -0.1) is 0 Å². The molecule has 13 aromatic rings. The first-order valence-electron chi connectivity index (χ1n) is 23.6. The van der Waals surface area contributed by atoms with Crippen LogP contribution in [-0.2, 0) is 0 Å². The minimum Gasteiger partial charge on any atom is -0.309 e. The van der Waals surface area contributed by atoms with Crippen LogP contribution in [0.1, 0.15) is 11.1 Å². The first-order valence-corrected chi connectivity index (χ1v) is 23.6. The maximum atomic E-state index is 9.55. The number of rotatable bonds is 8. The molecule has 4 heterocycles. The zero-order valence-corrected chi connectivity index (χ0v) is 38.5. The van der Waals surface area contributed by atoms with Crippen molar-refractivity contribution in [1.29, 1.82) is 10.5 Å². The van der Waals surface area contributed by atoms with Crippen molar-refractivity contribution in [3.8, 4) is 91.1 Å². The molecule has 0 aliphatic rings. The zero-order chi connectivity index (χ0) is 48.1. The first-order chi connectivity index (χ1) is 35.6. The molecule has 72 heavy (non-hydrogen) atoms. The molecule has 8 heteroatoms. The summed E-state index contributed by atoms with van der Waals surface area (Å²) in [5.41, 5.74) is 16.0. The lowest BCUT2D eigenvalue weighted by atomic mass is 9.99. The summed E-state index contributed by atoms with van der Waals surface area (Å²) in [5.74, 6) is 1.72. The molecule has 0 aliphatic carbocycles. The van der Waals surface area contributed by atoms with E-state index in [-0.39, 0.29) is 0 Å². The molecule has 0 fully saturated rings. The Kier molecular flexibility index (Phi) is 10.1. The van der Waals surface area contributed by atoms with E-state index in [0.29, 0.717) is 28.6 Å². The fourth-order valence-electron chi connectivity index (χ4n) is 10.1. The first kappa shape index (κ1) is 41.9. The Morgan fingerprint density at radius 1 is 0.319 bits per heavy atom. The van der Waals surface area contributed by atoms with Crippen LogP contribution in [0.25, 0.3) is 123 Å². The van der Waals surface area contributed by atoms with Gasteiger partial charge in [-0.1, -0.05) is 146 Å². The predicted octanol–water partition coefficient (Wildman–Crippen LogP) is 15.2. The molecule has 0 spiro atoms. The van der Waals surface area contributed by atoms with Crippen LogP contribution in [0, 0.1) is 22.7 Å². The lowest BCUT2D eigenvalue weighted by molar-refractivity contribution is 1.07. The number of hydrogen-bond donors (Lipinski definition) is 0. The van der Waals surface area contributed by atoms with E-state index in [9.17, 15) is 10.5 Å². The second-order valence-corrected chi connectivity index (χ2v) is 17.7.